The topological polar surface area (TPSA) is 29.5 Å². The number of benzene rings is 1. The minimum Gasteiger partial charge on any atom is -0.385 e. The summed E-state index contributed by atoms with van der Waals surface area (Å²) in [5.41, 5.74) is 1.37. The van der Waals surface area contributed by atoms with E-state index >= 15 is 0 Å². The quantitative estimate of drug-likeness (QED) is 0.830. The van der Waals surface area contributed by atoms with Crippen LogP contribution in [-0.4, -0.2) is 18.8 Å². The third-order valence-electron chi connectivity index (χ3n) is 3.32. The van der Waals surface area contributed by atoms with Gasteiger partial charge in [-0.25, -0.2) is 0 Å². The molecule has 0 aromatic heterocycles. The van der Waals surface area contributed by atoms with Crippen LogP contribution in [0.5, 0.6) is 0 Å². The third kappa shape index (κ3) is 3.06. The Kier molecular flexibility index (Phi) is 4.51. The summed E-state index contributed by atoms with van der Waals surface area (Å²) in [4.78, 5) is 0. The Balaban J connectivity index is 2.83. The van der Waals surface area contributed by atoms with Gasteiger partial charge in [-0.05, 0) is 31.7 Å². The summed E-state index contributed by atoms with van der Waals surface area (Å²) in [6.45, 7) is 6.66. The molecule has 0 radical (unpaired) electrons. The smallest absolute Gasteiger partial charge is 0.0894 e. The molecule has 0 heterocycles. The van der Waals surface area contributed by atoms with Gasteiger partial charge in [-0.3, -0.25) is 0 Å². The van der Waals surface area contributed by atoms with E-state index in [4.69, 9.17) is 4.74 Å². The lowest BCUT2D eigenvalue weighted by molar-refractivity contribution is -0.0107. The molecule has 1 aromatic carbocycles. The molecule has 0 fully saturated rings. The first-order valence-corrected chi connectivity index (χ1v) is 5.77. The van der Waals surface area contributed by atoms with Crippen LogP contribution in [0.25, 0.3) is 0 Å². The fourth-order valence-electron chi connectivity index (χ4n) is 1.82. The lowest BCUT2D eigenvalue weighted by Crippen LogP contribution is -2.30. The van der Waals surface area contributed by atoms with E-state index in [1.165, 1.54) is 5.56 Å². The Morgan fingerprint density at radius 2 is 2.12 bits per heavy atom. The van der Waals surface area contributed by atoms with Gasteiger partial charge >= 0.3 is 0 Å². The van der Waals surface area contributed by atoms with E-state index in [0.29, 0.717) is 6.61 Å². The highest BCUT2D eigenvalue weighted by atomic mass is 16.5. The Morgan fingerprint density at radius 3 is 2.69 bits per heavy atom. The van der Waals surface area contributed by atoms with Crippen LogP contribution in [0, 0.1) is 12.8 Å². The summed E-state index contributed by atoms with van der Waals surface area (Å²) in [6.07, 6.45) is 0.859. The van der Waals surface area contributed by atoms with Crippen LogP contribution in [0.1, 0.15) is 31.4 Å². The van der Waals surface area contributed by atoms with Crippen LogP contribution < -0.4 is 0 Å². The van der Waals surface area contributed by atoms with E-state index in [9.17, 15) is 5.11 Å². The van der Waals surface area contributed by atoms with Gasteiger partial charge in [-0.1, -0.05) is 36.8 Å². The maximum atomic E-state index is 10.5. The van der Waals surface area contributed by atoms with Crippen molar-refractivity contribution in [3.63, 3.8) is 0 Å². The molecule has 2 nitrogen and oxygen atoms in total. The second kappa shape index (κ2) is 5.46. The van der Waals surface area contributed by atoms with Gasteiger partial charge in [0.25, 0.3) is 0 Å². The molecule has 90 valence electrons. The summed E-state index contributed by atoms with van der Waals surface area (Å²) in [5.74, 6) is 0.175. The molecule has 1 aromatic rings. The maximum absolute atomic E-state index is 10.5. The minimum atomic E-state index is -0.787. The molecule has 1 rings (SSSR count). The van der Waals surface area contributed by atoms with Crippen molar-refractivity contribution in [3.05, 3.63) is 35.4 Å². The van der Waals surface area contributed by atoms with Gasteiger partial charge in [0.2, 0.25) is 0 Å². The Labute approximate surface area is 98.3 Å². The predicted molar refractivity (Wildman–Crippen MR) is 66.4 cm³/mol. The standard InChI is InChI=1S/C14H22O2/c1-11-6-5-7-13(10-11)14(3,15)12(2)8-9-16-4/h5-7,10,12,15H,8-9H2,1-4H3. The fraction of sp³-hybridized carbons (Fsp3) is 0.571. The molecule has 0 spiro atoms. The minimum absolute atomic E-state index is 0.175. The zero-order valence-corrected chi connectivity index (χ0v) is 10.7. The number of hydrogen-bond acceptors (Lipinski definition) is 2. The van der Waals surface area contributed by atoms with E-state index in [2.05, 4.69) is 6.92 Å². The molecule has 1 N–H and O–H groups in total. The predicted octanol–water partition coefficient (Wildman–Crippen LogP) is 2.88. The monoisotopic (exact) mass is 222 g/mol. The molecule has 0 aliphatic heterocycles. The molecule has 2 atom stereocenters. The molecule has 0 bridgehead atoms. The van der Waals surface area contributed by atoms with Gasteiger partial charge in [0, 0.05) is 13.7 Å². The highest BCUT2D eigenvalue weighted by Gasteiger charge is 2.29. The van der Waals surface area contributed by atoms with E-state index < -0.39 is 5.60 Å². The number of ether oxygens (including phenoxy) is 1. The molecular formula is C14H22O2. The molecular weight excluding hydrogens is 200 g/mol. The Bertz CT molecular complexity index is 331. The van der Waals surface area contributed by atoms with Gasteiger partial charge in [0.15, 0.2) is 0 Å². The van der Waals surface area contributed by atoms with Gasteiger partial charge in [-0.15, -0.1) is 0 Å². The summed E-state index contributed by atoms with van der Waals surface area (Å²) < 4.78 is 5.06. The van der Waals surface area contributed by atoms with Crippen molar-refractivity contribution in [1.29, 1.82) is 0 Å². The lowest BCUT2D eigenvalue weighted by Gasteiger charge is -2.31. The number of methoxy groups -OCH3 is 1. The first-order valence-electron chi connectivity index (χ1n) is 5.77. The van der Waals surface area contributed by atoms with Gasteiger partial charge in [0.1, 0.15) is 0 Å². The molecule has 2 unspecified atom stereocenters. The van der Waals surface area contributed by atoms with Crippen molar-refractivity contribution in [2.24, 2.45) is 5.92 Å². The second-order valence-electron chi connectivity index (χ2n) is 4.70. The maximum Gasteiger partial charge on any atom is 0.0894 e. The molecule has 0 amide bonds. The largest absolute Gasteiger partial charge is 0.385 e. The average molecular weight is 222 g/mol. The summed E-state index contributed by atoms with van der Waals surface area (Å²) in [7, 11) is 1.69. The van der Waals surface area contributed by atoms with Crippen molar-refractivity contribution >= 4 is 0 Å². The van der Waals surface area contributed by atoms with Crippen LogP contribution in [0.2, 0.25) is 0 Å². The average Bonchev–Trinajstić information content (AvgIpc) is 2.25. The van der Waals surface area contributed by atoms with Crippen LogP contribution in [0.4, 0.5) is 0 Å². The molecule has 0 aliphatic carbocycles. The Hall–Kier alpha value is -0.860. The first kappa shape index (κ1) is 13.2. The molecule has 0 aliphatic rings. The van der Waals surface area contributed by atoms with Crippen LogP contribution in [0.15, 0.2) is 24.3 Å². The van der Waals surface area contributed by atoms with Crippen molar-refractivity contribution in [2.75, 3.05) is 13.7 Å². The van der Waals surface area contributed by atoms with Gasteiger partial charge in [-0.2, -0.15) is 0 Å². The van der Waals surface area contributed by atoms with E-state index in [1.54, 1.807) is 7.11 Å². The normalized spacial score (nSPS) is 16.8. The van der Waals surface area contributed by atoms with E-state index in [1.807, 2.05) is 38.1 Å². The SMILES string of the molecule is COCCC(C)C(C)(O)c1cccc(C)c1. The summed E-state index contributed by atoms with van der Waals surface area (Å²) in [6, 6.07) is 8.06. The van der Waals surface area contributed by atoms with Gasteiger partial charge in [0.05, 0.1) is 5.60 Å². The number of hydrogen-bond donors (Lipinski definition) is 1. The second-order valence-corrected chi connectivity index (χ2v) is 4.70. The number of aryl methyl sites for hydroxylation is 1. The Morgan fingerprint density at radius 1 is 1.44 bits per heavy atom. The molecule has 16 heavy (non-hydrogen) atoms. The summed E-state index contributed by atoms with van der Waals surface area (Å²) in [5, 5.41) is 10.5. The highest BCUT2D eigenvalue weighted by Crippen LogP contribution is 2.31. The lowest BCUT2D eigenvalue weighted by atomic mass is 9.82. The van der Waals surface area contributed by atoms with Crippen molar-refractivity contribution < 1.29 is 9.84 Å². The van der Waals surface area contributed by atoms with E-state index in [-0.39, 0.29) is 5.92 Å². The first-order chi connectivity index (χ1) is 7.48. The van der Waals surface area contributed by atoms with Crippen molar-refractivity contribution in [1.82, 2.24) is 0 Å². The van der Waals surface area contributed by atoms with Gasteiger partial charge < -0.3 is 9.84 Å². The van der Waals surface area contributed by atoms with Crippen LogP contribution in [-0.2, 0) is 10.3 Å². The van der Waals surface area contributed by atoms with Crippen LogP contribution in [0.3, 0.4) is 0 Å². The van der Waals surface area contributed by atoms with Crippen LogP contribution >= 0.6 is 0 Å². The zero-order valence-electron chi connectivity index (χ0n) is 10.7. The fourth-order valence-corrected chi connectivity index (χ4v) is 1.82. The molecule has 0 saturated carbocycles. The number of aliphatic hydroxyl groups is 1. The van der Waals surface area contributed by atoms with Crippen molar-refractivity contribution in [3.8, 4) is 0 Å². The van der Waals surface area contributed by atoms with Crippen molar-refractivity contribution in [2.45, 2.75) is 32.8 Å². The number of rotatable bonds is 5. The zero-order chi connectivity index (χ0) is 12.2. The molecule has 2 heteroatoms. The third-order valence-corrected chi connectivity index (χ3v) is 3.32. The molecule has 0 saturated heterocycles. The summed E-state index contributed by atoms with van der Waals surface area (Å²) >= 11 is 0. The highest BCUT2D eigenvalue weighted by molar-refractivity contribution is 5.27. The van der Waals surface area contributed by atoms with E-state index in [0.717, 1.165) is 12.0 Å².